The number of hydrogen-bond acceptors (Lipinski definition) is 2. The lowest BCUT2D eigenvalue weighted by Crippen LogP contribution is -2.14. The predicted octanol–water partition coefficient (Wildman–Crippen LogP) is 5.27. The Morgan fingerprint density at radius 1 is 1.10 bits per heavy atom. The Bertz CT molecular complexity index is 619. The minimum absolute atomic E-state index is 0.385. The Hall–Kier alpha value is -1.10. The molecule has 0 aliphatic rings. The van der Waals surface area contributed by atoms with E-state index in [4.69, 9.17) is 11.6 Å². The molecule has 0 saturated heterocycles. The maximum atomic E-state index is 13.8. The van der Waals surface area contributed by atoms with Gasteiger partial charge in [-0.25, -0.2) is 8.78 Å². The third kappa shape index (κ3) is 4.70. The Balaban J connectivity index is 2.22. The van der Waals surface area contributed by atoms with Gasteiger partial charge in [0.15, 0.2) is 0 Å². The van der Waals surface area contributed by atoms with Gasteiger partial charge in [0.05, 0.1) is 0 Å². The van der Waals surface area contributed by atoms with Crippen molar-refractivity contribution in [2.24, 2.45) is 0 Å². The van der Waals surface area contributed by atoms with Gasteiger partial charge in [0.25, 0.3) is 0 Å². The summed E-state index contributed by atoms with van der Waals surface area (Å²) in [7, 11) is 0. The average Bonchev–Trinajstić information content (AvgIpc) is 2.44. The summed E-state index contributed by atoms with van der Waals surface area (Å²) in [5.41, 5.74) is 1.04. The molecule has 21 heavy (non-hydrogen) atoms. The lowest BCUT2D eigenvalue weighted by atomic mass is 10.2. The van der Waals surface area contributed by atoms with Gasteiger partial charge in [-0.2, -0.15) is 0 Å². The molecule has 0 fully saturated rings. The molecule has 2 rings (SSSR count). The van der Waals surface area contributed by atoms with Crippen LogP contribution in [0.25, 0.3) is 0 Å². The first-order chi connectivity index (χ1) is 10.1. The third-order valence-corrected chi connectivity index (χ3v) is 4.27. The highest BCUT2D eigenvalue weighted by molar-refractivity contribution is 7.99. The largest absolute Gasteiger partial charge is 0.313 e. The van der Waals surface area contributed by atoms with Crippen molar-refractivity contribution in [2.45, 2.75) is 29.7 Å². The Morgan fingerprint density at radius 2 is 1.90 bits per heavy atom. The highest BCUT2D eigenvalue weighted by Crippen LogP contribution is 2.34. The van der Waals surface area contributed by atoms with Crippen molar-refractivity contribution in [3.8, 4) is 0 Å². The van der Waals surface area contributed by atoms with Crippen LogP contribution in [0, 0.1) is 11.6 Å². The van der Waals surface area contributed by atoms with E-state index in [-0.39, 0.29) is 0 Å². The topological polar surface area (TPSA) is 12.0 Å². The zero-order chi connectivity index (χ0) is 15.2. The summed E-state index contributed by atoms with van der Waals surface area (Å²) in [4.78, 5) is 1.26. The lowest BCUT2D eigenvalue weighted by Gasteiger charge is -2.11. The highest BCUT2D eigenvalue weighted by Gasteiger charge is 2.10. The predicted molar refractivity (Wildman–Crippen MR) is 83.9 cm³/mol. The zero-order valence-electron chi connectivity index (χ0n) is 11.6. The van der Waals surface area contributed by atoms with E-state index < -0.39 is 11.6 Å². The van der Waals surface area contributed by atoms with Crippen molar-refractivity contribution >= 4 is 23.4 Å². The maximum Gasteiger partial charge on any atom is 0.140 e. The van der Waals surface area contributed by atoms with E-state index in [1.807, 2.05) is 12.1 Å². The quantitative estimate of drug-likeness (QED) is 0.725. The standard InChI is InChI=1S/C16H16ClF2NS/c1-2-7-20-10-11-3-4-12(17)8-16(11)21-15-6-5-13(18)9-14(15)19/h3-6,8-9,20H,2,7,10H2,1H3. The molecule has 0 amide bonds. The molecule has 0 spiro atoms. The molecule has 1 N–H and O–H groups in total. The summed E-state index contributed by atoms with van der Waals surface area (Å²) in [6.07, 6.45) is 1.04. The number of hydrogen-bond donors (Lipinski definition) is 1. The normalized spacial score (nSPS) is 10.9. The van der Waals surface area contributed by atoms with Crippen LogP contribution in [0.2, 0.25) is 5.02 Å². The molecule has 0 unspecified atom stereocenters. The molecule has 112 valence electrons. The van der Waals surface area contributed by atoms with Crippen molar-refractivity contribution in [2.75, 3.05) is 6.54 Å². The van der Waals surface area contributed by atoms with Crippen LogP contribution in [0.4, 0.5) is 8.78 Å². The van der Waals surface area contributed by atoms with E-state index in [1.54, 1.807) is 6.07 Å². The molecule has 0 aliphatic heterocycles. The van der Waals surface area contributed by atoms with Crippen molar-refractivity contribution in [3.05, 3.63) is 58.6 Å². The van der Waals surface area contributed by atoms with Gasteiger partial charge in [-0.3, -0.25) is 0 Å². The van der Waals surface area contributed by atoms with Gasteiger partial charge < -0.3 is 5.32 Å². The molecule has 1 nitrogen and oxygen atoms in total. The Labute approximate surface area is 132 Å². The van der Waals surface area contributed by atoms with E-state index >= 15 is 0 Å². The summed E-state index contributed by atoms with van der Waals surface area (Å²) in [6, 6.07) is 9.13. The first-order valence-electron chi connectivity index (χ1n) is 6.72. The SMILES string of the molecule is CCCNCc1ccc(Cl)cc1Sc1ccc(F)cc1F. The van der Waals surface area contributed by atoms with Crippen molar-refractivity contribution in [1.82, 2.24) is 5.32 Å². The fourth-order valence-electron chi connectivity index (χ4n) is 1.85. The van der Waals surface area contributed by atoms with Gasteiger partial charge in [-0.1, -0.05) is 36.4 Å². The van der Waals surface area contributed by atoms with Gasteiger partial charge in [-0.15, -0.1) is 0 Å². The van der Waals surface area contributed by atoms with Crippen LogP contribution in [-0.4, -0.2) is 6.54 Å². The van der Waals surface area contributed by atoms with Gasteiger partial charge in [-0.05, 0) is 42.8 Å². The molecule has 2 aromatic rings. The monoisotopic (exact) mass is 327 g/mol. The smallest absolute Gasteiger partial charge is 0.140 e. The van der Waals surface area contributed by atoms with E-state index in [2.05, 4.69) is 12.2 Å². The molecular weight excluding hydrogens is 312 g/mol. The second-order valence-corrected chi connectivity index (χ2v) is 6.13. The van der Waals surface area contributed by atoms with E-state index in [1.165, 1.54) is 23.9 Å². The van der Waals surface area contributed by atoms with Gasteiger partial charge in [0.2, 0.25) is 0 Å². The first kappa shape index (κ1) is 16.3. The molecular formula is C16H16ClF2NS. The molecule has 0 heterocycles. The zero-order valence-corrected chi connectivity index (χ0v) is 13.2. The Morgan fingerprint density at radius 3 is 2.62 bits per heavy atom. The summed E-state index contributed by atoms with van der Waals surface area (Å²) in [5.74, 6) is -1.14. The summed E-state index contributed by atoms with van der Waals surface area (Å²) in [6.45, 7) is 3.70. The lowest BCUT2D eigenvalue weighted by molar-refractivity contribution is 0.565. The molecule has 0 aromatic heterocycles. The molecule has 0 radical (unpaired) electrons. The van der Waals surface area contributed by atoms with Crippen molar-refractivity contribution < 1.29 is 8.78 Å². The van der Waals surface area contributed by atoms with Crippen molar-refractivity contribution in [1.29, 1.82) is 0 Å². The van der Waals surface area contributed by atoms with Crippen LogP contribution in [0.5, 0.6) is 0 Å². The fraction of sp³-hybridized carbons (Fsp3) is 0.250. The maximum absolute atomic E-state index is 13.8. The number of halogens is 3. The molecule has 0 atom stereocenters. The molecule has 2 aromatic carbocycles. The van der Waals surface area contributed by atoms with Gasteiger partial charge in [0, 0.05) is 27.4 Å². The van der Waals surface area contributed by atoms with Gasteiger partial charge >= 0.3 is 0 Å². The van der Waals surface area contributed by atoms with Crippen molar-refractivity contribution in [3.63, 3.8) is 0 Å². The number of benzene rings is 2. The van der Waals surface area contributed by atoms with Crippen LogP contribution in [-0.2, 0) is 6.54 Å². The van der Waals surface area contributed by atoms with Crippen LogP contribution in [0.15, 0.2) is 46.2 Å². The second-order valence-electron chi connectivity index (χ2n) is 4.61. The third-order valence-electron chi connectivity index (χ3n) is 2.89. The fourth-order valence-corrected chi connectivity index (χ4v) is 3.07. The van der Waals surface area contributed by atoms with Crippen LogP contribution in [0.3, 0.4) is 0 Å². The molecule has 0 saturated carbocycles. The van der Waals surface area contributed by atoms with E-state index in [0.717, 1.165) is 29.5 Å². The number of nitrogens with one attached hydrogen (secondary N) is 1. The Kier molecular flexibility index (Phi) is 6.03. The molecule has 0 aliphatic carbocycles. The summed E-state index contributed by atoms with van der Waals surface area (Å²) in [5, 5.41) is 3.91. The first-order valence-corrected chi connectivity index (χ1v) is 7.91. The van der Waals surface area contributed by atoms with E-state index in [0.29, 0.717) is 16.5 Å². The average molecular weight is 328 g/mol. The number of rotatable bonds is 6. The minimum atomic E-state index is -0.576. The molecule has 0 bridgehead atoms. The van der Waals surface area contributed by atoms with E-state index in [9.17, 15) is 8.78 Å². The van der Waals surface area contributed by atoms with Crippen LogP contribution >= 0.6 is 23.4 Å². The minimum Gasteiger partial charge on any atom is -0.313 e. The molecule has 5 heteroatoms. The second kappa shape index (κ2) is 7.78. The summed E-state index contributed by atoms with van der Waals surface area (Å²) >= 11 is 7.28. The van der Waals surface area contributed by atoms with Crippen LogP contribution in [0.1, 0.15) is 18.9 Å². The van der Waals surface area contributed by atoms with Crippen LogP contribution < -0.4 is 5.32 Å². The van der Waals surface area contributed by atoms with Gasteiger partial charge in [0.1, 0.15) is 11.6 Å². The highest BCUT2D eigenvalue weighted by atomic mass is 35.5. The summed E-state index contributed by atoms with van der Waals surface area (Å²) < 4.78 is 26.7.